The van der Waals surface area contributed by atoms with Gasteiger partial charge >= 0.3 is 0 Å². The molecule has 2 amide bonds. The molecule has 5 nitrogen and oxygen atoms in total. The van der Waals surface area contributed by atoms with Crippen LogP contribution >= 0.6 is 23.2 Å². The molecule has 0 saturated carbocycles. The van der Waals surface area contributed by atoms with Gasteiger partial charge in [0, 0.05) is 37.3 Å². The largest absolute Gasteiger partial charge is 0.497 e. The minimum atomic E-state index is -0.229. The van der Waals surface area contributed by atoms with E-state index in [2.05, 4.69) is 5.32 Å². The van der Waals surface area contributed by atoms with E-state index in [0.29, 0.717) is 27.2 Å². The number of hydrogen-bond donors (Lipinski definition) is 1. The molecule has 0 aromatic heterocycles. The average Bonchev–Trinajstić information content (AvgIpc) is 2.58. The lowest BCUT2D eigenvalue weighted by Gasteiger charge is -2.21. The molecular weight excluding hydrogens is 363 g/mol. The first-order chi connectivity index (χ1) is 11.9. The summed E-state index contributed by atoms with van der Waals surface area (Å²) >= 11 is 11.8. The first kappa shape index (κ1) is 19.1. The molecule has 2 aromatic rings. The molecular formula is C18H18Cl2N2O3. The van der Waals surface area contributed by atoms with Crippen LogP contribution in [-0.4, -0.2) is 25.5 Å². The van der Waals surface area contributed by atoms with Crippen molar-refractivity contribution in [2.24, 2.45) is 0 Å². The van der Waals surface area contributed by atoms with Gasteiger partial charge < -0.3 is 15.0 Å². The highest BCUT2D eigenvalue weighted by atomic mass is 35.5. The molecule has 7 heteroatoms. The van der Waals surface area contributed by atoms with Crippen LogP contribution in [0.15, 0.2) is 42.5 Å². The van der Waals surface area contributed by atoms with Gasteiger partial charge in [0.2, 0.25) is 11.8 Å². The maximum Gasteiger partial charge on any atom is 0.226 e. The molecule has 1 N–H and O–H groups in total. The zero-order chi connectivity index (χ0) is 18.4. The fraction of sp³-hybridized carbons (Fsp3) is 0.222. The molecule has 2 rings (SSSR count). The van der Waals surface area contributed by atoms with E-state index in [1.54, 1.807) is 49.6 Å². The normalized spacial score (nSPS) is 10.2. The summed E-state index contributed by atoms with van der Waals surface area (Å²) in [5.41, 5.74) is 1.23. The zero-order valence-electron chi connectivity index (χ0n) is 13.9. The fourth-order valence-electron chi connectivity index (χ4n) is 2.26. The smallest absolute Gasteiger partial charge is 0.226 e. The summed E-state index contributed by atoms with van der Waals surface area (Å²) < 4.78 is 5.17. The summed E-state index contributed by atoms with van der Waals surface area (Å²) in [5, 5.41) is 3.51. The molecule has 0 heterocycles. The van der Waals surface area contributed by atoms with E-state index in [4.69, 9.17) is 27.9 Å². The van der Waals surface area contributed by atoms with Crippen molar-refractivity contribution < 1.29 is 14.3 Å². The van der Waals surface area contributed by atoms with Crippen molar-refractivity contribution in [3.05, 3.63) is 52.5 Å². The van der Waals surface area contributed by atoms with Crippen molar-refractivity contribution in [1.82, 2.24) is 0 Å². The van der Waals surface area contributed by atoms with Crippen LogP contribution in [0.1, 0.15) is 13.3 Å². The number of ether oxygens (including phenoxy) is 1. The molecule has 0 atom stereocenters. The second-order valence-electron chi connectivity index (χ2n) is 5.30. The number of hydrogen-bond acceptors (Lipinski definition) is 3. The Bertz CT molecular complexity index is 781. The maximum atomic E-state index is 12.1. The number of methoxy groups -OCH3 is 1. The van der Waals surface area contributed by atoms with Crippen LogP contribution in [0.5, 0.6) is 5.75 Å². The third-order valence-electron chi connectivity index (χ3n) is 3.51. The fourth-order valence-corrected chi connectivity index (χ4v) is 2.56. The minimum absolute atomic E-state index is 0.136. The number of halogens is 2. The number of benzene rings is 2. The van der Waals surface area contributed by atoms with Crippen LogP contribution in [0, 0.1) is 0 Å². The standard InChI is InChI=1S/C18H18Cl2N2O3/c1-12(23)22(14-4-3-5-15(11-14)25-2)9-8-18(24)21-13-6-7-16(19)17(20)10-13/h3-7,10-11H,8-9H2,1-2H3,(H,21,24). The SMILES string of the molecule is COc1cccc(N(CCC(=O)Nc2ccc(Cl)c(Cl)c2)C(C)=O)c1. The van der Waals surface area contributed by atoms with E-state index in [1.807, 2.05) is 0 Å². The lowest BCUT2D eigenvalue weighted by Crippen LogP contribution is -2.31. The highest BCUT2D eigenvalue weighted by molar-refractivity contribution is 6.42. The van der Waals surface area contributed by atoms with Crippen molar-refractivity contribution in [1.29, 1.82) is 0 Å². The topological polar surface area (TPSA) is 58.6 Å². The van der Waals surface area contributed by atoms with Gasteiger partial charge in [0.1, 0.15) is 5.75 Å². The lowest BCUT2D eigenvalue weighted by molar-refractivity contribution is -0.117. The molecule has 2 aromatic carbocycles. The molecule has 0 radical (unpaired) electrons. The predicted molar refractivity (Wildman–Crippen MR) is 101 cm³/mol. The Kier molecular flexibility index (Phi) is 6.67. The molecule has 25 heavy (non-hydrogen) atoms. The molecule has 0 aliphatic carbocycles. The van der Waals surface area contributed by atoms with Crippen LogP contribution in [0.2, 0.25) is 10.0 Å². The zero-order valence-corrected chi connectivity index (χ0v) is 15.4. The second-order valence-corrected chi connectivity index (χ2v) is 6.11. The van der Waals surface area contributed by atoms with E-state index in [-0.39, 0.29) is 24.8 Å². The number of amides is 2. The van der Waals surface area contributed by atoms with Crippen molar-refractivity contribution in [2.45, 2.75) is 13.3 Å². The van der Waals surface area contributed by atoms with E-state index in [9.17, 15) is 9.59 Å². The summed E-state index contributed by atoms with van der Waals surface area (Å²) in [6, 6.07) is 12.0. The Labute approximate surface area is 156 Å². The Morgan fingerprint density at radius 2 is 1.88 bits per heavy atom. The van der Waals surface area contributed by atoms with Gasteiger partial charge in [-0.25, -0.2) is 0 Å². The average molecular weight is 381 g/mol. The van der Waals surface area contributed by atoms with Gasteiger partial charge in [0.25, 0.3) is 0 Å². The predicted octanol–water partition coefficient (Wildman–Crippen LogP) is 4.38. The summed E-state index contributed by atoms with van der Waals surface area (Å²) in [6.45, 7) is 1.70. The van der Waals surface area contributed by atoms with E-state index >= 15 is 0 Å². The molecule has 0 unspecified atom stereocenters. The van der Waals surface area contributed by atoms with Gasteiger partial charge in [-0.3, -0.25) is 9.59 Å². The highest BCUT2D eigenvalue weighted by Gasteiger charge is 2.14. The third kappa shape index (κ3) is 5.37. The summed E-state index contributed by atoms with van der Waals surface area (Å²) in [6.07, 6.45) is 0.136. The lowest BCUT2D eigenvalue weighted by atomic mass is 10.2. The van der Waals surface area contributed by atoms with Crippen molar-refractivity contribution in [3.63, 3.8) is 0 Å². The molecule has 0 aliphatic heterocycles. The Hall–Kier alpha value is -2.24. The van der Waals surface area contributed by atoms with Crippen molar-refractivity contribution >= 4 is 46.4 Å². The quantitative estimate of drug-likeness (QED) is 0.808. The molecule has 0 aliphatic rings. The third-order valence-corrected chi connectivity index (χ3v) is 4.25. The number of carbonyl (C=O) groups excluding carboxylic acids is 2. The van der Waals surface area contributed by atoms with Gasteiger partial charge in [-0.05, 0) is 30.3 Å². The molecule has 0 spiro atoms. The Balaban J connectivity index is 2.01. The van der Waals surface area contributed by atoms with E-state index in [0.717, 1.165) is 0 Å². The molecule has 0 bridgehead atoms. The highest BCUT2D eigenvalue weighted by Crippen LogP contribution is 2.25. The number of nitrogens with zero attached hydrogens (tertiary/aromatic N) is 1. The molecule has 0 fully saturated rings. The number of anilines is 2. The second kappa shape index (κ2) is 8.74. The summed E-state index contributed by atoms with van der Waals surface area (Å²) in [4.78, 5) is 25.6. The minimum Gasteiger partial charge on any atom is -0.497 e. The van der Waals surface area contributed by atoms with Gasteiger partial charge in [0.05, 0.1) is 17.2 Å². The van der Waals surface area contributed by atoms with E-state index < -0.39 is 0 Å². The first-order valence-electron chi connectivity index (χ1n) is 7.57. The van der Waals surface area contributed by atoms with Gasteiger partial charge in [-0.2, -0.15) is 0 Å². The van der Waals surface area contributed by atoms with Crippen LogP contribution in [0.3, 0.4) is 0 Å². The monoisotopic (exact) mass is 380 g/mol. The number of rotatable bonds is 6. The van der Waals surface area contributed by atoms with Gasteiger partial charge in [-0.1, -0.05) is 29.3 Å². The number of nitrogens with one attached hydrogen (secondary N) is 1. The first-order valence-corrected chi connectivity index (χ1v) is 8.33. The molecule has 0 saturated heterocycles. The van der Waals surface area contributed by atoms with Crippen molar-refractivity contribution in [2.75, 3.05) is 23.9 Å². The summed E-state index contributed by atoms with van der Waals surface area (Å²) in [7, 11) is 1.56. The Morgan fingerprint density at radius 1 is 1.12 bits per heavy atom. The van der Waals surface area contributed by atoms with Crippen molar-refractivity contribution in [3.8, 4) is 5.75 Å². The van der Waals surface area contributed by atoms with Gasteiger partial charge in [-0.15, -0.1) is 0 Å². The Morgan fingerprint density at radius 3 is 2.52 bits per heavy atom. The van der Waals surface area contributed by atoms with Crippen LogP contribution in [-0.2, 0) is 9.59 Å². The van der Waals surface area contributed by atoms with Crippen LogP contribution in [0.4, 0.5) is 11.4 Å². The number of carbonyl (C=O) groups is 2. The van der Waals surface area contributed by atoms with Gasteiger partial charge in [0.15, 0.2) is 0 Å². The van der Waals surface area contributed by atoms with Crippen LogP contribution < -0.4 is 15.0 Å². The molecule has 132 valence electrons. The maximum absolute atomic E-state index is 12.1. The van der Waals surface area contributed by atoms with Crippen LogP contribution in [0.25, 0.3) is 0 Å². The summed E-state index contributed by atoms with van der Waals surface area (Å²) in [5.74, 6) is 0.257. The van der Waals surface area contributed by atoms with E-state index in [1.165, 1.54) is 11.8 Å².